The topological polar surface area (TPSA) is 130 Å². The standard InChI is InChI=1S/C17H19NO5.H2O/c19-13-3-1-11(9-14(13)20)2-4-15(21)17(16(22)23)10-12-5-7-18(17)8-6-12;/h1-4,9,12,19-20H,5-8,10H2,(H,22,23);1H2/b4-2+;. The van der Waals surface area contributed by atoms with Crippen molar-refractivity contribution in [1.82, 2.24) is 4.90 Å². The van der Waals surface area contributed by atoms with Crippen LogP contribution in [0, 0.1) is 5.92 Å². The molecule has 1 aromatic carbocycles. The fraction of sp³-hybridized carbons (Fsp3) is 0.412. The summed E-state index contributed by atoms with van der Waals surface area (Å²) in [4.78, 5) is 26.3. The third-order valence-electron chi connectivity index (χ3n) is 4.93. The first-order chi connectivity index (χ1) is 10.9. The van der Waals surface area contributed by atoms with E-state index in [2.05, 4.69) is 0 Å². The maximum atomic E-state index is 12.7. The Morgan fingerprint density at radius 3 is 2.33 bits per heavy atom. The molecule has 0 radical (unpaired) electrons. The quantitative estimate of drug-likeness (QED) is 0.424. The number of benzene rings is 1. The minimum Gasteiger partial charge on any atom is -0.504 e. The third kappa shape index (κ3) is 2.88. The van der Waals surface area contributed by atoms with Crippen molar-refractivity contribution >= 4 is 17.8 Å². The second-order valence-corrected chi connectivity index (χ2v) is 6.25. The van der Waals surface area contributed by atoms with E-state index in [1.165, 1.54) is 24.3 Å². The molecule has 4 rings (SSSR count). The number of fused-ring (bicyclic) bond motifs is 3. The monoisotopic (exact) mass is 335 g/mol. The van der Waals surface area contributed by atoms with Gasteiger partial charge in [0.25, 0.3) is 0 Å². The Morgan fingerprint density at radius 1 is 1.17 bits per heavy atom. The summed E-state index contributed by atoms with van der Waals surface area (Å²) in [7, 11) is 0. The molecule has 1 atom stereocenters. The minimum atomic E-state index is -1.46. The molecule has 3 fully saturated rings. The van der Waals surface area contributed by atoms with Crippen LogP contribution in [0.15, 0.2) is 24.3 Å². The van der Waals surface area contributed by atoms with Crippen molar-refractivity contribution in [2.75, 3.05) is 13.1 Å². The van der Waals surface area contributed by atoms with Crippen molar-refractivity contribution in [2.24, 2.45) is 5.92 Å². The zero-order valence-electron chi connectivity index (χ0n) is 13.1. The van der Waals surface area contributed by atoms with Gasteiger partial charge in [0, 0.05) is 0 Å². The smallest absolute Gasteiger partial charge is 0.332 e. The van der Waals surface area contributed by atoms with Gasteiger partial charge >= 0.3 is 5.97 Å². The van der Waals surface area contributed by atoms with E-state index in [1.54, 1.807) is 11.0 Å². The number of phenolic OH excluding ortho intramolecular Hbond substituents is 2. The molecule has 0 spiro atoms. The molecule has 0 saturated carbocycles. The largest absolute Gasteiger partial charge is 0.504 e. The van der Waals surface area contributed by atoms with Gasteiger partial charge in [0.05, 0.1) is 0 Å². The van der Waals surface area contributed by atoms with Crippen LogP contribution in [-0.4, -0.2) is 56.1 Å². The van der Waals surface area contributed by atoms with Gasteiger partial charge in [-0.1, -0.05) is 12.1 Å². The summed E-state index contributed by atoms with van der Waals surface area (Å²) in [5, 5.41) is 28.4. The molecular formula is C17H21NO6. The molecule has 1 aromatic rings. The highest BCUT2D eigenvalue weighted by Gasteiger charge is 2.55. The highest BCUT2D eigenvalue weighted by atomic mass is 16.4. The predicted molar refractivity (Wildman–Crippen MR) is 86.7 cm³/mol. The molecule has 2 bridgehead atoms. The summed E-state index contributed by atoms with van der Waals surface area (Å²) < 4.78 is 0. The van der Waals surface area contributed by atoms with Crippen molar-refractivity contribution in [1.29, 1.82) is 0 Å². The molecule has 3 heterocycles. The second kappa shape index (κ2) is 6.62. The fourth-order valence-electron chi connectivity index (χ4n) is 3.60. The van der Waals surface area contributed by atoms with E-state index < -0.39 is 17.3 Å². The average molecular weight is 335 g/mol. The van der Waals surface area contributed by atoms with Crippen LogP contribution < -0.4 is 0 Å². The summed E-state index contributed by atoms with van der Waals surface area (Å²) in [6, 6.07) is 4.18. The Morgan fingerprint density at radius 2 is 1.83 bits per heavy atom. The number of phenols is 2. The summed E-state index contributed by atoms with van der Waals surface area (Å²) >= 11 is 0. The lowest BCUT2D eigenvalue weighted by atomic mass is 9.72. The molecule has 3 saturated heterocycles. The van der Waals surface area contributed by atoms with Crippen LogP contribution in [0.5, 0.6) is 11.5 Å². The molecule has 130 valence electrons. The van der Waals surface area contributed by atoms with Crippen LogP contribution in [0.1, 0.15) is 24.8 Å². The predicted octanol–water partition coefficient (Wildman–Crippen LogP) is 0.794. The van der Waals surface area contributed by atoms with E-state index >= 15 is 0 Å². The lowest BCUT2D eigenvalue weighted by Gasteiger charge is -2.50. The van der Waals surface area contributed by atoms with E-state index in [-0.39, 0.29) is 22.9 Å². The van der Waals surface area contributed by atoms with Gasteiger partial charge < -0.3 is 20.8 Å². The lowest BCUT2D eigenvalue weighted by Crippen LogP contribution is -2.66. The highest BCUT2D eigenvalue weighted by molar-refractivity contribution is 6.14. The van der Waals surface area contributed by atoms with Gasteiger partial charge in [0.1, 0.15) is 0 Å². The molecule has 7 heteroatoms. The Balaban J connectivity index is 0.00000208. The van der Waals surface area contributed by atoms with Gasteiger partial charge in [0.15, 0.2) is 22.8 Å². The zero-order valence-corrected chi connectivity index (χ0v) is 13.1. The van der Waals surface area contributed by atoms with E-state index in [9.17, 15) is 24.9 Å². The number of carbonyl (C=O) groups excluding carboxylic acids is 1. The first-order valence-corrected chi connectivity index (χ1v) is 7.66. The number of carboxylic acids is 1. The van der Waals surface area contributed by atoms with Gasteiger partial charge in [-0.05, 0) is 62.0 Å². The van der Waals surface area contributed by atoms with Crippen LogP contribution in [0.3, 0.4) is 0 Å². The second-order valence-electron chi connectivity index (χ2n) is 6.25. The molecule has 5 N–H and O–H groups in total. The molecule has 7 nitrogen and oxygen atoms in total. The van der Waals surface area contributed by atoms with E-state index in [0.717, 1.165) is 12.8 Å². The molecule has 3 aliphatic heterocycles. The van der Waals surface area contributed by atoms with Crippen molar-refractivity contribution in [3.8, 4) is 11.5 Å². The van der Waals surface area contributed by atoms with Crippen molar-refractivity contribution in [2.45, 2.75) is 24.8 Å². The van der Waals surface area contributed by atoms with Gasteiger partial charge in [-0.3, -0.25) is 9.69 Å². The average Bonchev–Trinajstić information content (AvgIpc) is 2.56. The molecule has 0 aliphatic carbocycles. The van der Waals surface area contributed by atoms with E-state index in [1.807, 2.05) is 0 Å². The number of rotatable bonds is 4. The van der Waals surface area contributed by atoms with Crippen LogP contribution in [0.25, 0.3) is 6.08 Å². The maximum Gasteiger partial charge on any atom is 0.332 e. The van der Waals surface area contributed by atoms with Crippen LogP contribution in [0.2, 0.25) is 0 Å². The summed E-state index contributed by atoms with van der Waals surface area (Å²) in [5.41, 5.74) is -0.943. The Labute approximate surface area is 139 Å². The van der Waals surface area contributed by atoms with Crippen molar-refractivity contribution in [3.05, 3.63) is 29.8 Å². The lowest BCUT2D eigenvalue weighted by molar-refractivity contribution is -0.164. The number of aliphatic carboxylic acids is 1. The number of carbonyl (C=O) groups is 2. The molecular weight excluding hydrogens is 314 g/mol. The molecule has 0 amide bonds. The molecule has 1 unspecified atom stereocenters. The normalized spacial score (nSPS) is 28.5. The number of aromatic hydroxyl groups is 2. The minimum absolute atomic E-state index is 0. The Kier molecular flexibility index (Phi) is 4.96. The summed E-state index contributed by atoms with van der Waals surface area (Å²) in [6.45, 7) is 1.27. The molecule has 24 heavy (non-hydrogen) atoms. The third-order valence-corrected chi connectivity index (χ3v) is 4.93. The highest BCUT2D eigenvalue weighted by Crippen LogP contribution is 2.40. The summed E-state index contributed by atoms with van der Waals surface area (Å²) in [6.07, 6.45) is 4.97. The zero-order chi connectivity index (χ0) is 16.6. The van der Waals surface area contributed by atoms with Crippen LogP contribution >= 0.6 is 0 Å². The Bertz CT molecular complexity index is 678. The first kappa shape index (κ1) is 18.0. The number of ketones is 1. The number of hydrogen-bond donors (Lipinski definition) is 3. The fourth-order valence-corrected chi connectivity index (χ4v) is 3.60. The SMILES string of the molecule is O.O=C(O)C1(C(=O)/C=C/c2ccc(O)c(O)c2)CC2CCN1CC2. The van der Waals surface area contributed by atoms with E-state index in [0.29, 0.717) is 25.1 Å². The van der Waals surface area contributed by atoms with Crippen molar-refractivity contribution < 1.29 is 30.4 Å². The maximum absolute atomic E-state index is 12.7. The van der Waals surface area contributed by atoms with Crippen molar-refractivity contribution in [3.63, 3.8) is 0 Å². The summed E-state index contributed by atoms with van der Waals surface area (Å²) in [5.74, 6) is -1.78. The van der Waals surface area contributed by atoms with Gasteiger partial charge in [-0.15, -0.1) is 0 Å². The Hall–Kier alpha value is -2.38. The van der Waals surface area contributed by atoms with Gasteiger partial charge in [-0.25, -0.2) is 4.79 Å². The van der Waals surface area contributed by atoms with Gasteiger partial charge in [-0.2, -0.15) is 0 Å². The van der Waals surface area contributed by atoms with Crippen LogP contribution in [0.4, 0.5) is 0 Å². The number of nitrogens with zero attached hydrogens (tertiary/aromatic N) is 1. The van der Waals surface area contributed by atoms with Crippen LogP contribution in [-0.2, 0) is 9.59 Å². The van der Waals surface area contributed by atoms with Gasteiger partial charge in [0.2, 0.25) is 0 Å². The molecule has 3 aliphatic rings. The molecule has 0 aromatic heterocycles. The number of piperidine rings is 3. The first-order valence-electron chi connectivity index (χ1n) is 7.66. The number of carboxylic acid groups (broad SMARTS) is 1. The number of hydrogen-bond acceptors (Lipinski definition) is 5. The van der Waals surface area contributed by atoms with E-state index in [4.69, 9.17) is 0 Å².